The maximum Gasteiger partial charge on any atom is 0.328 e. The summed E-state index contributed by atoms with van der Waals surface area (Å²) < 4.78 is 6.99. The van der Waals surface area contributed by atoms with Gasteiger partial charge in [0, 0.05) is 42.9 Å². The molecule has 0 bridgehead atoms. The zero-order valence-corrected chi connectivity index (χ0v) is 16.7. The molecule has 0 radical (unpaired) electrons. The topological polar surface area (TPSA) is 73.4 Å². The first-order valence-electron chi connectivity index (χ1n) is 9.60. The van der Waals surface area contributed by atoms with Crippen LogP contribution in [0.5, 0.6) is 0 Å². The lowest BCUT2D eigenvalue weighted by Gasteiger charge is -2.16. The van der Waals surface area contributed by atoms with Gasteiger partial charge in [0.25, 0.3) is 0 Å². The number of likely N-dealkylation sites (tertiary alicyclic amines) is 1. The average molecular weight is 370 g/mol. The minimum absolute atomic E-state index is 0.116. The molecule has 6 heteroatoms. The van der Waals surface area contributed by atoms with Gasteiger partial charge in [-0.3, -0.25) is 14.4 Å². The Morgan fingerprint density at radius 1 is 1.26 bits per heavy atom. The Hall–Kier alpha value is -2.18. The van der Waals surface area contributed by atoms with E-state index in [-0.39, 0.29) is 24.7 Å². The first-order valence-corrected chi connectivity index (χ1v) is 9.60. The lowest BCUT2D eigenvalue weighted by molar-refractivity contribution is -0.148. The van der Waals surface area contributed by atoms with E-state index in [0.717, 1.165) is 31.0 Å². The number of nitrogens with zero attached hydrogens (tertiary/aromatic N) is 3. The Morgan fingerprint density at radius 3 is 2.63 bits per heavy atom. The van der Waals surface area contributed by atoms with Crippen molar-refractivity contribution in [3.8, 4) is 0 Å². The number of esters is 1. The molecule has 0 saturated carbocycles. The summed E-state index contributed by atoms with van der Waals surface area (Å²) >= 11 is 0. The molecule has 1 saturated heterocycles. The highest BCUT2D eigenvalue weighted by molar-refractivity contribution is 5.69. The van der Waals surface area contributed by atoms with Crippen LogP contribution in [0.2, 0.25) is 0 Å². The normalized spacial score (nSPS) is 20.4. The molecule has 0 spiro atoms. The minimum Gasteiger partial charge on any atom is -0.462 e. The Balaban J connectivity index is 1.68. The molecular weight excluding hydrogens is 340 g/mol. The third-order valence-corrected chi connectivity index (χ3v) is 5.23. The average Bonchev–Trinajstić information content (AvgIpc) is 3.10. The van der Waals surface area contributed by atoms with Gasteiger partial charge in [0.1, 0.15) is 6.54 Å². The van der Waals surface area contributed by atoms with Crippen molar-refractivity contribution in [2.45, 2.75) is 58.8 Å². The monoisotopic (exact) mass is 370 g/mol. The molecule has 2 aromatic rings. The van der Waals surface area contributed by atoms with Crippen LogP contribution >= 0.6 is 0 Å². The van der Waals surface area contributed by atoms with Crippen molar-refractivity contribution in [2.24, 2.45) is 5.73 Å². The lowest BCUT2D eigenvalue weighted by atomic mass is 9.95. The van der Waals surface area contributed by atoms with Gasteiger partial charge in [-0.15, -0.1) is 0 Å². The summed E-state index contributed by atoms with van der Waals surface area (Å²) in [6, 6.07) is 10.6. The van der Waals surface area contributed by atoms with Crippen molar-refractivity contribution in [3.63, 3.8) is 0 Å². The third-order valence-electron chi connectivity index (χ3n) is 5.23. The van der Waals surface area contributed by atoms with Gasteiger partial charge in [0.15, 0.2) is 0 Å². The SMILES string of the molecule is Cc1nn(CC(=O)OC(C)C)c(C)c1CN1C[C@@H](N)[C@H](c2ccccc2)C1. The van der Waals surface area contributed by atoms with Gasteiger partial charge in [0.05, 0.1) is 11.8 Å². The zero-order chi connectivity index (χ0) is 19.6. The molecule has 1 aromatic carbocycles. The first-order chi connectivity index (χ1) is 12.8. The van der Waals surface area contributed by atoms with Gasteiger partial charge in [-0.2, -0.15) is 5.10 Å². The van der Waals surface area contributed by atoms with E-state index in [9.17, 15) is 4.79 Å². The van der Waals surface area contributed by atoms with Crippen molar-refractivity contribution in [1.29, 1.82) is 0 Å². The highest BCUT2D eigenvalue weighted by Gasteiger charge is 2.32. The molecule has 0 aliphatic carbocycles. The number of benzene rings is 1. The van der Waals surface area contributed by atoms with E-state index in [2.05, 4.69) is 34.3 Å². The van der Waals surface area contributed by atoms with Gasteiger partial charge in [0.2, 0.25) is 0 Å². The van der Waals surface area contributed by atoms with Crippen molar-refractivity contribution < 1.29 is 9.53 Å². The van der Waals surface area contributed by atoms with Crippen LogP contribution in [0.1, 0.15) is 42.3 Å². The van der Waals surface area contributed by atoms with E-state index >= 15 is 0 Å². The first kappa shape index (κ1) is 19.6. The summed E-state index contributed by atoms with van der Waals surface area (Å²) in [7, 11) is 0. The number of aromatic nitrogens is 2. The van der Waals surface area contributed by atoms with Crippen molar-refractivity contribution in [1.82, 2.24) is 14.7 Å². The number of ether oxygens (including phenoxy) is 1. The van der Waals surface area contributed by atoms with Crippen molar-refractivity contribution in [3.05, 3.63) is 52.8 Å². The van der Waals surface area contributed by atoms with Crippen LogP contribution in [0.15, 0.2) is 30.3 Å². The second-order valence-electron chi connectivity index (χ2n) is 7.72. The zero-order valence-electron chi connectivity index (χ0n) is 16.7. The summed E-state index contributed by atoms with van der Waals surface area (Å²) in [6.45, 7) is 10.5. The van der Waals surface area contributed by atoms with Gasteiger partial charge in [-0.25, -0.2) is 0 Å². The Morgan fingerprint density at radius 2 is 1.96 bits per heavy atom. The Bertz CT molecular complexity index is 785. The highest BCUT2D eigenvalue weighted by Crippen LogP contribution is 2.28. The molecule has 1 aliphatic rings. The van der Waals surface area contributed by atoms with Crippen molar-refractivity contribution in [2.75, 3.05) is 13.1 Å². The third kappa shape index (κ3) is 4.57. The molecule has 2 atom stereocenters. The van der Waals surface area contributed by atoms with Crippen molar-refractivity contribution >= 4 is 5.97 Å². The summed E-state index contributed by atoms with van der Waals surface area (Å²) in [4.78, 5) is 14.4. The van der Waals surface area contributed by atoms with E-state index in [1.807, 2.05) is 33.8 Å². The summed E-state index contributed by atoms with van der Waals surface area (Å²) in [5.41, 5.74) is 10.9. The molecule has 3 rings (SSSR count). The standard InChI is InChI=1S/C21H30N4O2/c1-14(2)27-21(26)13-25-16(4)18(15(3)23-25)10-24-11-19(20(22)12-24)17-8-6-5-7-9-17/h5-9,14,19-20H,10-13,22H2,1-4H3/t19-,20+/m0/s1. The minimum atomic E-state index is -0.255. The number of rotatable bonds is 6. The summed E-state index contributed by atoms with van der Waals surface area (Å²) in [5, 5.41) is 4.55. The molecule has 146 valence electrons. The lowest BCUT2D eigenvalue weighted by Crippen LogP contribution is -2.28. The molecular formula is C21H30N4O2. The fourth-order valence-electron chi connectivity index (χ4n) is 3.86. The molecule has 1 aromatic heterocycles. The number of nitrogens with two attached hydrogens (primary N) is 1. The molecule has 0 amide bonds. The molecule has 2 heterocycles. The van der Waals surface area contributed by atoms with E-state index in [4.69, 9.17) is 10.5 Å². The highest BCUT2D eigenvalue weighted by atomic mass is 16.5. The maximum absolute atomic E-state index is 12.0. The summed E-state index contributed by atoms with van der Waals surface area (Å²) in [6.07, 6.45) is -0.116. The van der Waals surface area contributed by atoms with Gasteiger partial charge < -0.3 is 10.5 Å². The predicted octanol–water partition coefficient (Wildman–Crippen LogP) is 2.38. The van der Waals surface area contributed by atoms with Gasteiger partial charge >= 0.3 is 5.97 Å². The van der Waals surface area contributed by atoms with Crippen LogP contribution in [0.25, 0.3) is 0 Å². The number of carbonyl (C=O) groups excluding carboxylic acids is 1. The maximum atomic E-state index is 12.0. The van der Waals surface area contributed by atoms with E-state index < -0.39 is 0 Å². The number of hydrogen-bond acceptors (Lipinski definition) is 5. The Kier molecular flexibility index (Phi) is 5.97. The molecule has 2 N–H and O–H groups in total. The molecule has 6 nitrogen and oxygen atoms in total. The molecule has 0 unspecified atom stereocenters. The van der Waals surface area contributed by atoms with Crippen LogP contribution in [-0.2, 0) is 22.6 Å². The molecule has 1 fully saturated rings. The number of aryl methyl sites for hydroxylation is 1. The van der Waals surface area contributed by atoms with E-state index in [1.54, 1.807) is 4.68 Å². The Labute approximate surface area is 161 Å². The quantitative estimate of drug-likeness (QED) is 0.791. The smallest absolute Gasteiger partial charge is 0.328 e. The molecule has 27 heavy (non-hydrogen) atoms. The van der Waals surface area contributed by atoms with Crippen LogP contribution in [-0.4, -0.2) is 45.9 Å². The van der Waals surface area contributed by atoms with Crippen LogP contribution in [0, 0.1) is 13.8 Å². The fraction of sp³-hybridized carbons (Fsp3) is 0.524. The van der Waals surface area contributed by atoms with Gasteiger partial charge in [-0.05, 0) is 33.3 Å². The van der Waals surface area contributed by atoms with Crippen LogP contribution in [0.3, 0.4) is 0 Å². The van der Waals surface area contributed by atoms with E-state index in [1.165, 1.54) is 11.1 Å². The summed E-state index contributed by atoms with van der Waals surface area (Å²) in [5.74, 6) is 0.0948. The number of carbonyl (C=O) groups is 1. The second-order valence-corrected chi connectivity index (χ2v) is 7.72. The van der Waals surface area contributed by atoms with Crippen LogP contribution < -0.4 is 5.73 Å². The van der Waals surface area contributed by atoms with E-state index in [0.29, 0.717) is 5.92 Å². The number of hydrogen-bond donors (Lipinski definition) is 1. The predicted molar refractivity (Wildman–Crippen MR) is 105 cm³/mol. The van der Waals surface area contributed by atoms with Gasteiger partial charge in [-0.1, -0.05) is 30.3 Å². The van der Waals surface area contributed by atoms with Crippen LogP contribution in [0.4, 0.5) is 0 Å². The fourth-order valence-corrected chi connectivity index (χ4v) is 3.86. The molecule has 1 aliphatic heterocycles. The largest absolute Gasteiger partial charge is 0.462 e. The second kappa shape index (κ2) is 8.23.